The molecule has 0 radical (unpaired) electrons. The Balaban J connectivity index is 1.72. The molecule has 0 saturated heterocycles. The van der Waals surface area contributed by atoms with E-state index in [2.05, 4.69) is 9.98 Å². The molecule has 1 aromatic heterocycles. The van der Waals surface area contributed by atoms with Crippen LogP contribution < -0.4 is 10.5 Å². The second-order valence-corrected chi connectivity index (χ2v) is 6.29. The van der Waals surface area contributed by atoms with Gasteiger partial charge in [-0.05, 0) is 30.3 Å². The van der Waals surface area contributed by atoms with E-state index < -0.39 is 5.97 Å². The van der Waals surface area contributed by atoms with Gasteiger partial charge in [0, 0.05) is 5.75 Å². The normalized spacial score (nSPS) is 13.9. The summed E-state index contributed by atoms with van der Waals surface area (Å²) in [5.41, 5.74) is 7.94. The van der Waals surface area contributed by atoms with Crippen LogP contribution in [0.1, 0.15) is 10.4 Å². The Bertz CT molecular complexity index is 950. The maximum Gasteiger partial charge on any atom is 0.343 e. The minimum absolute atomic E-state index is 0.367. The Hall–Kier alpha value is -2.80. The number of nitrogens with zero attached hydrogens (tertiary/aromatic N) is 3. The fourth-order valence-corrected chi connectivity index (χ4v) is 3.40. The lowest BCUT2D eigenvalue weighted by Gasteiger charge is -2.06. The van der Waals surface area contributed by atoms with Gasteiger partial charge in [-0.25, -0.2) is 9.78 Å². The van der Waals surface area contributed by atoms with Crippen LogP contribution in [0, 0.1) is 0 Å². The topological polar surface area (TPSA) is 82.5 Å². The molecule has 120 valence electrons. The number of para-hydroxylation sites is 1. The van der Waals surface area contributed by atoms with Crippen molar-refractivity contribution in [3.63, 3.8) is 0 Å². The van der Waals surface area contributed by atoms with Crippen molar-refractivity contribution >= 4 is 39.9 Å². The van der Waals surface area contributed by atoms with Gasteiger partial charge in [0.1, 0.15) is 5.75 Å². The van der Waals surface area contributed by atoms with Crippen molar-refractivity contribution in [2.45, 2.75) is 0 Å². The molecular formula is C17H14N4O2S. The molecule has 0 unspecified atom stereocenters. The van der Waals surface area contributed by atoms with Crippen molar-refractivity contribution in [1.29, 1.82) is 0 Å². The Morgan fingerprint density at radius 1 is 1.21 bits per heavy atom. The molecule has 1 aliphatic rings. The Morgan fingerprint density at radius 3 is 2.79 bits per heavy atom. The second kappa shape index (κ2) is 6.01. The SMILES string of the molecule is Nc1nc2ccc(C(=O)Oc3ccccc3)cc2n1C1=NCCS1. The van der Waals surface area contributed by atoms with E-state index in [1.165, 1.54) is 0 Å². The third-order valence-corrected chi connectivity index (χ3v) is 4.59. The maximum atomic E-state index is 12.4. The highest BCUT2D eigenvalue weighted by molar-refractivity contribution is 8.14. The largest absolute Gasteiger partial charge is 0.423 e. The molecule has 0 amide bonds. The van der Waals surface area contributed by atoms with Gasteiger partial charge in [0.15, 0.2) is 5.17 Å². The molecule has 0 bridgehead atoms. The quantitative estimate of drug-likeness (QED) is 0.574. The molecule has 7 heteroatoms. The number of esters is 1. The highest BCUT2D eigenvalue weighted by Gasteiger charge is 2.18. The number of aromatic nitrogens is 2. The first-order valence-corrected chi connectivity index (χ1v) is 8.44. The number of ether oxygens (including phenoxy) is 1. The Labute approximate surface area is 142 Å². The van der Waals surface area contributed by atoms with Crippen LogP contribution in [-0.2, 0) is 0 Å². The Kier molecular flexibility index (Phi) is 3.70. The zero-order valence-electron chi connectivity index (χ0n) is 12.7. The number of anilines is 1. The van der Waals surface area contributed by atoms with Gasteiger partial charge in [0.25, 0.3) is 0 Å². The first-order valence-electron chi connectivity index (χ1n) is 7.45. The number of benzene rings is 2. The minimum atomic E-state index is -0.421. The molecule has 0 aliphatic carbocycles. The average Bonchev–Trinajstić information content (AvgIpc) is 3.21. The van der Waals surface area contributed by atoms with Crippen molar-refractivity contribution in [3.8, 4) is 5.75 Å². The van der Waals surface area contributed by atoms with E-state index >= 15 is 0 Å². The third kappa shape index (κ3) is 2.63. The number of rotatable bonds is 2. The van der Waals surface area contributed by atoms with Crippen molar-refractivity contribution in [3.05, 3.63) is 54.1 Å². The number of fused-ring (bicyclic) bond motifs is 1. The van der Waals surface area contributed by atoms with Crippen LogP contribution in [0.4, 0.5) is 5.95 Å². The average molecular weight is 338 g/mol. The van der Waals surface area contributed by atoms with Crippen LogP contribution in [0.5, 0.6) is 5.75 Å². The van der Waals surface area contributed by atoms with Gasteiger partial charge in [-0.1, -0.05) is 30.0 Å². The van der Waals surface area contributed by atoms with Crippen molar-refractivity contribution in [2.24, 2.45) is 4.99 Å². The van der Waals surface area contributed by atoms with Crippen molar-refractivity contribution in [2.75, 3.05) is 18.0 Å². The fraction of sp³-hybridized carbons (Fsp3) is 0.118. The number of nitrogen functional groups attached to an aromatic ring is 1. The first-order chi connectivity index (χ1) is 11.7. The summed E-state index contributed by atoms with van der Waals surface area (Å²) in [6, 6.07) is 14.2. The molecule has 3 aromatic rings. The molecule has 0 fully saturated rings. The molecule has 2 aromatic carbocycles. The molecule has 4 rings (SSSR count). The predicted molar refractivity (Wildman–Crippen MR) is 95.7 cm³/mol. The van der Waals surface area contributed by atoms with E-state index in [1.54, 1.807) is 46.7 Å². The van der Waals surface area contributed by atoms with Crippen LogP contribution in [0.2, 0.25) is 0 Å². The van der Waals surface area contributed by atoms with Gasteiger partial charge < -0.3 is 10.5 Å². The summed E-state index contributed by atoms with van der Waals surface area (Å²) in [4.78, 5) is 21.2. The molecule has 24 heavy (non-hydrogen) atoms. The molecule has 6 nitrogen and oxygen atoms in total. The van der Waals surface area contributed by atoms with Gasteiger partial charge in [-0.3, -0.25) is 9.56 Å². The second-order valence-electron chi connectivity index (χ2n) is 5.22. The molecule has 1 aliphatic heterocycles. The lowest BCUT2D eigenvalue weighted by molar-refractivity contribution is 0.0735. The number of hydrogen-bond donors (Lipinski definition) is 1. The maximum absolute atomic E-state index is 12.4. The zero-order chi connectivity index (χ0) is 16.5. The highest BCUT2D eigenvalue weighted by Crippen LogP contribution is 2.25. The van der Waals surface area contributed by atoms with Gasteiger partial charge in [0.2, 0.25) is 5.95 Å². The van der Waals surface area contributed by atoms with Gasteiger partial charge in [-0.15, -0.1) is 0 Å². The number of carbonyl (C=O) groups is 1. The number of carbonyl (C=O) groups excluding carboxylic acids is 1. The summed E-state index contributed by atoms with van der Waals surface area (Å²) in [5.74, 6) is 1.37. The van der Waals surface area contributed by atoms with Crippen LogP contribution in [0.15, 0.2) is 53.5 Å². The summed E-state index contributed by atoms with van der Waals surface area (Å²) in [7, 11) is 0. The summed E-state index contributed by atoms with van der Waals surface area (Å²) < 4.78 is 7.17. The standard InChI is InChI=1S/C17H14N4O2S/c18-16-20-13-7-6-11(15(22)23-12-4-2-1-3-5-12)10-14(13)21(16)17-19-8-9-24-17/h1-7,10H,8-9H2,(H2,18,20). The van der Waals surface area contributed by atoms with E-state index in [9.17, 15) is 4.79 Å². The lowest BCUT2D eigenvalue weighted by Crippen LogP contribution is -2.11. The molecule has 0 saturated carbocycles. The van der Waals surface area contributed by atoms with Gasteiger partial charge in [-0.2, -0.15) is 0 Å². The molecule has 2 heterocycles. The smallest absolute Gasteiger partial charge is 0.343 e. The number of nitrogens with two attached hydrogens (primary N) is 1. The van der Waals surface area contributed by atoms with E-state index in [-0.39, 0.29) is 0 Å². The fourth-order valence-electron chi connectivity index (χ4n) is 2.54. The number of aliphatic imine (C=N–C) groups is 1. The molecular weight excluding hydrogens is 324 g/mol. The molecule has 0 atom stereocenters. The first kappa shape index (κ1) is 14.8. The number of thioether (sulfide) groups is 1. The van der Waals surface area contributed by atoms with E-state index in [1.807, 2.05) is 18.2 Å². The van der Waals surface area contributed by atoms with E-state index in [0.717, 1.165) is 28.5 Å². The van der Waals surface area contributed by atoms with Gasteiger partial charge >= 0.3 is 5.97 Å². The van der Waals surface area contributed by atoms with Crippen LogP contribution in [0.25, 0.3) is 11.0 Å². The zero-order valence-corrected chi connectivity index (χ0v) is 13.5. The molecule has 0 spiro atoms. The highest BCUT2D eigenvalue weighted by atomic mass is 32.2. The van der Waals surface area contributed by atoms with Crippen molar-refractivity contribution in [1.82, 2.24) is 9.55 Å². The van der Waals surface area contributed by atoms with Crippen LogP contribution in [-0.4, -0.2) is 33.0 Å². The Morgan fingerprint density at radius 2 is 2.04 bits per heavy atom. The summed E-state index contributed by atoms with van der Waals surface area (Å²) >= 11 is 1.62. The van der Waals surface area contributed by atoms with E-state index in [0.29, 0.717) is 17.3 Å². The summed E-state index contributed by atoms with van der Waals surface area (Å²) in [6.07, 6.45) is 0. The van der Waals surface area contributed by atoms with Gasteiger partial charge in [0.05, 0.1) is 23.1 Å². The van der Waals surface area contributed by atoms with E-state index in [4.69, 9.17) is 10.5 Å². The third-order valence-electron chi connectivity index (χ3n) is 3.63. The van der Waals surface area contributed by atoms with Crippen molar-refractivity contribution < 1.29 is 9.53 Å². The monoisotopic (exact) mass is 338 g/mol. The predicted octanol–water partition coefficient (Wildman–Crippen LogP) is 2.79. The minimum Gasteiger partial charge on any atom is -0.423 e. The number of imidazole rings is 1. The number of hydrogen-bond acceptors (Lipinski definition) is 6. The summed E-state index contributed by atoms with van der Waals surface area (Å²) in [6.45, 7) is 0.759. The summed E-state index contributed by atoms with van der Waals surface area (Å²) in [5, 5.41) is 0.809. The van der Waals surface area contributed by atoms with Crippen LogP contribution in [0.3, 0.4) is 0 Å². The van der Waals surface area contributed by atoms with Crippen LogP contribution >= 0.6 is 11.8 Å². The lowest BCUT2D eigenvalue weighted by atomic mass is 10.2. The molecule has 2 N–H and O–H groups in total.